The molecule has 0 saturated carbocycles. The molecule has 2 rings (SSSR count). The van der Waals surface area contributed by atoms with Crippen LogP contribution in [-0.2, 0) is 9.84 Å². The zero-order valence-electron chi connectivity index (χ0n) is 12.6. The molecule has 2 aromatic rings. The molecule has 0 radical (unpaired) electrons. The van der Waals surface area contributed by atoms with Gasteiger partial charge in [0, 0.05) is 11.2 Å². The Bertz CT molecular complexity index is 702. The fourth-order valence-electron chi connectivity index (χ4n) is 2.04. The molecular formula is C16H19BrO4S. The molecule has 0 atom stereocenters. The van der Waals surface area contributed by atoms with Gasteiger partial charge in [-0.05, 0) is 36.8 Å². The van der Waals surface area contributed by atoms with Crippen molar-refractivity contribution in [3.8, 4) is 5.75 Å². The van der Waals surface area contributed by atoms with E-state index in [-0.39, 0.29) is 15.7 Å². The van der Waals surface area contributed by atoms with Crippen LogP contribution >= 0.6 is 15.9 Å². The van der Waals surface area contributed by atoms with Gasteiger partial charge in [0.15, 0.2) is 0 Å². The average molecular weight is 387 g/mol. The number of ether oxygens (including phenoxy) is 1. The van der Waals surface area contributed by atoms with E-state index in [9.17, 15) is 8.42 Å². The van der Waals surface area contributed by atoms with Crippen molar-refractivity contribution in [2.24, 2.45) is 0 Å². The molecule has 0 aliphatic rings. The smallest absolute Gasteiger partial charge is 0.210 e. The summed E-state index contributed by atoms with van der Waals surface area (Å²) >= 11 is 3.33. The van der Waals surface area contributed by atoms with E-state index in [0.717, 1.165) is 11.8 Å². The second-order valence-corrected chi connectivity index (χ2v) is 7.88. The Morgan fingerprint density at radius 1 is 1.18 bits per heavy atom. The van der Waals surface area contributed by atoms with E-state index >= 15 is 0 Å². The number of sulfone groups is 1. The molecule has 0 spiro atoms. The summed E-state index contributed by atoms with van der Waals surface area (Å²) in [4.78, 5) is 0.471. The van der Waals surface area contributed by atoms with Gasteiger partial charge >= 0.3 is 0 Å². The van der Waals surface area contributed by atoms with E-state index in [1.54, 1.807) is 24.3 Å². The van der Waals surface area contributed by atoms with Gasteiger partial charge in [0.2, 0.25) is 9.84 Å². The molecule has 0 saturated heterocycles. The summed E-state index contributed by atoms with van der Waals surface area (Å²) in [5, 5.41) is 0.873. The highest BCUT2D eigenvalue weighted by atomic mass is 79.9. The summed E-state index contributed by atoms with van der Waals surface area (Å²) in [6.07, 6.45) is 2.31. The molecule has 120 valence electrons. The summed E-state index contributed by atoms with van der Waals surface area (Å²) < 4.78 is 36.2. The number of halogens is 1. The van der Waals surface area contributed by atoms with Gasteiger partial charge in [0.1, 0.15) is 16.4 Å². The van der Waals surface area contributed by atoms with Gasteiger partial charge in [-0.25, -0.2) is 8.42 Å². The second kappa shape index (κ2) is 7.33. The van der Waals surface area contributed by atoms with Crippen molar-refractivity contribution in [1.82, 2.24) is 0 Å². The lowest BCUT2D eigenvalue weighted by Gasteiger charge is -2.09. The monoisotopic (exact) mass is 386 g/mol. The van der Waals surface area contributed by atoms with Crippen LogP contribution < -0.4 is 4.74 Å². The van der Waals surface area contributed by atoms with Crippen molar-refractivity contribution < 1.29 is 17.6 Å². The first kappa shape index (κ1) is 17.1. The lowest BCUT2D eigenvalue weighted by Crippen LogP contribution is -2.05. The van der Waals surface area contributed by atoms with Crippen LogP contribution in [0.15, 0.2) is 50.8 Å². The Morgan fingerprint density at radius 2 is 1.86 bits per heavy atom. The molecule has 0 amide bonds. The van der Waals surface area contributed by atoms with Gasteiger partial charge in [-0.1, -0.05) is 29.8 Å². The van der Waals surface area contributed by atoms with Gasteiger partial charge < -0.3 is 9.15 Å². The molecule has 0 N–H and O–H groups in total. The Balaban J connectivity index is 2.24. The topological polar surface area (TPSA) is 56.5 Å². The van der Waals surface area contributed by atoms with Gasteiger partial charge in [0.05, 0.1) is 17.8 Å². The highest BCUT2D eigenvalue weighted by Crippen LogP contribution is 2.30. The van der Waals surface area contributed by atoms with Crippen LogP contribution in [0.25, 0.3) is 0 Å². The Labute approximate surface area is 139 Å². The average Bonchev–Trinajstić information content (AvgIpc) is 2.98. The zero-order valence-corrected chi connectivity index (χ0v) is 15.0. The summed E-state index contributed by atoms with van der Waals surface area (Å²) in [7, 11) is -3.57. The van der Waals surface area contributed by atoms with Crippen LogP contribution in [-0.4, -0.2) is 20.4 Å². The molecule has 6 heteroatoms. The molecule has 4 nitrogen and oxygen atoms in total. The van der Waals surface area contributed by atoms with E-state index in [1.165, 1.54) is 12.3 Å². The maximum absolute atomic E-state index is 12.7. The lowest BCUT2D eigenvalue weighted by molar-refractivity contribution is 0.319. The third-order valence-corrected chi connectivity index (χ3v) is 5.52. The molecule has 0 aliphatic heterocycles. The van der Waals surface area contributed by atoms with Crippen molar-refractivity contribution in [2.45, 2.75) is 36.0 Å². The van der Waals surface area contributed by atoms with Crippen LogP contribution in [0.1, 0.15) is 31.9 Å². The maximum Gasteiger partial charge on any atom is 0.210 e. The van der Waals surface area contributed by atoms with Crippen LogP contribution in [0.2, 0.25) is 0 Å². The SMILES string of the molecule is CC(C)c1occc1S(=O)(=O)c1ccc(OCCCBr)cc1. The Morgan fingerprint density at radius 3 is 2.45 bits per heavy atom. The van der Waals surface area contributed by atoms with Gasteiger partial charge in [-0.3, -0.25) is 0 Å². The summed E-state index contributed by atoms with van der Waals surface area (Å²) in [5.41, 5.74) is 0. The number of rotatable bonds is 7. The first-order valence-electron chi connectivity index (χ1n) is 7.08. The fraction of sp³-hybridized carbons (Fsp3) is 0.375. The molecule has 1 aromatic carbocycles. The number of benzene rings is 1. The third kappa shape index (κ3) is 3.73. The van der Waals surface area contributed by atoms with Gasteiger partial charge in [0.25, 0.3) is 0 Å². The minimum atomic E-state index is -3.57. The van der Waals surface area contributed by atoms with Crippen molar-refractivity contribution in [2.75, 3.05) is 11.9 Å². The zero-order chi connectivity index (χ0) is 16.2. The first-order chi connectivity index (χ1) is 10.5. The highest BCUT2D eigenvalue weighted by molar-refractivity contribution is 9.09. The van der Waals surface area contributed by atoms with Crippen LogP contribution in [0.5, 0.6) is 5.75 Å². The first-order valence-corrected chi connectivity index (χ1v) is 9.68. The molecular weight excluding hydrogens is 368 g/mol. The predicted octanol–water partition coefficient (Wildman–Crippen LogP) is 4.40. The Hall–Kier alpha value is -1.27. The van der Waals surface area contributed by atoms with Crippen molar-refractivity contribution in [1.29, 1.82) is 0 Å². The van der Waals surface area contributed by atoms with Crippen LogP contribution in [0.3, 0.4) is 0 Å². The molecule has 0 bridgehead atoms. The summed E-state index contributed by atoms with van der Waals surface area (Å²) in [6, 6.07) is 7.99. The van der Waals surface area contributed by atoms with E-state index in [2.05, 4.69) is 15.9 Å². The van der Waals surface area contributed by atoms with E-state index in [0.29, 0.717) is 18.1 Å². The molecule has 1 heterocycles. The third-order valence-electron chi connectivity index (χ3n) is 3.15. The minimum Gasteiger partial charge on any atom is -0.494 e. The fourth-order valence-corrected chi connectivity index (χ4v) is 3.80. The van der Waals surface area contributed by atoms with Crippen molar-refractivity contribution in [3.63, 3.8) is 0 Å². The molecule has 0 unspecified atom stereocenters. The van der Waals surface area contributed by atoms with E-state index < -0.39 is 9.84 Å². The normalized spacial score (nSPS) is 11.8. The molecule has 0 fully saturated rings. The summed E-state index contributed by atoms with van der Waals surface area (Å²) in [5.74, 6) is 1.15. The number of furan rings is 1. The van der Waals surface area contributed by atoms with E-state index in [4.69, 9.17) is 9.15 Å². The molecule has 22 heavy (non-hydrogen) atoms. The number of hydrogen-bond donors (Lipinski definition) is 0. The summed E-state index contributed by atoms with van der Waals surface area (Å²) in [6.45, 7) is 4.40. The van der Waals surface area contributed by atoms with Crippen molar-refractivity contribution in [3.05, 3.63) is 42.4 Å². The Kier molecular flexibility index (Phi) is 5.69. The predicted molar refractivity (Wildman–Crippen MR) is 88.6 cm³/mol. The van der Waals surface area contributed by atoms with E-state index in [1.807, 2.05) is 13.8 Å². The largest absolute Gasteiger partial charge is 0.494 e. The molecule has 0 aliphatic carbocycles. The van der Waals surface area contributed by atoms with Crippen LogP contribution in [0.4, 0.5) is 0 Å². The second-order valence-electron chi connectivity index (χ2n) is 5.17. The van der Waals surface area contributed by atoms with Crippen LogP contribution in [0, 0.1) is 0 Å². The lowest BCUT2D eigenvalue weighted by atomic mass is 10.2. The molecule has 1 aromatic heterocycles. The maximum atomic E-state index is 12.7. The number of alkyl halides is 1. The van der Waals surface area contributed by atoms with Crippen molar-refractivity contribution >= 4 is 25.8 Å². The standard InChI is InChI=1S/C16H19BrO4S/c1-12(2)16-15(8-11-21-16)22(18,19)14-6-4-13(5-7-14)20-10-3-9-17/h4-8,11-12H,3,9-10H2,1-2H3. The minimum absolute atomic E-state index is 0.00614. The van der Waals surface area contributed by atoms with Gasteiger partial charge in [-0.15, -0.1) is 0 Å². The quantitative estimate of drug-likeness (QED) is 0.522. The number of hydrogen-bond acceptors (Lipinski definition) is 4. The highest BCUT2D eigenvalue weighted by Gasteiger charge is 2.25. The van der Waals surface area contributed by atoms with Gasteiger partial charge in [-0.2, -0.15) is 0 Å².